The molecule has 3 nitrogen and oxygen atoms in total. The molecule has 1 saturated carbocycles. The first-order valence-corrected chi connectivity index (χ1v) is 7.07. The fraction of sp³-hybridized carbons (Fsp3) is 0.929. The number of hydrogen-bond acceptors (Lipinski definition) is 2. The summed E-state index contributed by atoms with van der Waals surface area (Å²) in [6, 6.07) is 0.266. The predicted octanol–water partition coefficient (Wildman–Crippen LogP) is 2.59. The molecule has 0 radical (unpaired) electrons. The zero-order valence-corrected chi connectivity index (χ0v) is 11.6. The van der Waals surface area contributed by atoms with Crippen molar-refractivity contribution in [2.24, 2.45) is 11.7 Å². The lowest BCUT2D eigenvalue weighted by atomic mass is 9.84. The number of nitrogens with two attached hydrogens (primary N) is 1. The van der Waals surface area contributed by atoms with Crippen molar-refractivity contribution in [2.75, 3.05) is 0 Å². The van der Waals surface area contributed by atoms with Gasteiger partial charge in [0.05, 0.1) is 5.54 Å². The Morgan fingerprint density at radius 1 is 1.41 bits per heavy atom. The zero-order chi connectivity index (χ0) is 12.9. The summed E-state index contributed by atoms with van der Waals surface area (Å²) in [5, 5.41) is 3.11. The number of carbonyl (C=O) groups is 1. The van der Waals surface area contributed by atoms with Gasteiger partial charge in [0.1, 0.15) is 0 Å². The van der Waals surface area contributed by atoms with Gasteiger partial charge < -0.3 is 11.1 Å². The summed E-state index contributed by atoms with van der Waals surface area (Å²) in [6.07, 6.45) is 8.14. The molecule has 1 aliphatic rings. The van der Waals surface area contributed by atoms with Crippen molar-refractivity contribution in [2.45, 2.75) is 77.3 Å². The van der Waals surface area contributed by atoms with Gasteiger partial charge in [-0.2, -0.15) is 0 Å². The summed E-state index contributed by atoms with van der Waals surface area (Å²) in [5.41, 5.74) is 5.33. The molecule has 3 heteroatoms. The second kappa shape index (κ2) is 6.39. The molecule has 0 aromatic heterocycles. The lowest BCUT2D eigenvalue weighted by Gasteiger charge is -2.31. The van der Waals surface area contributed by atoms with Gasteiger partial charge in [-0.25, -0.2) is 0 Å². The highest BCUT2D eigenvalue weighted by molar-refractivity contribution is 5.85. The summed E-state index contributed by atoms with van der Waals surface area (Å²) in [4.78, 5) is 12.1. The Bertz CT molecular complexity index is 245. The van der Waals surface area contributed by atoms with Gasteiger partial charge in [-0.1, -0.05) is 32.6 Å². The molecule has 1 fully saturated rings. The first-order valence-electron chi connectivity index (χ1n) is 7.07. The molecule has 3 N–H and O–H groups in total. The quantitative estimate of drug-likeness (QED) is 0.776. The molecule has 1 rings (SSSR count). The van der Waals surface area contributed by atoms with Gasteiger partial charge >= 0.3 is 0 Å². The first-order chi connectivity index (χ1) is 7.97. The summed E-state index contributed by atoms with van der Waals surface area (Å²) in [6.45, 7) is 6.01. The van der Waals surface area contributed by atoms with E-state index in [1.807, 2.05) is 6.92 Å². The van der Waals surface area contributed by atoms with Gasteiger partial charge in [-0.05, 0) is 39.0 Å². The number of carbonyl (C=O) groups excluding carboxylic acids is 1. The van der Waals surface area contributed by atoms with E-state index in [1.165, 1.54) is 32.1 Å². The summed E-state index contributed by atoms with van der Waals surface area (Å²) in [5.74, 6) is 0.655. The fourth-order valence-corrected chi connectivity index (χ4v) is 2.76. The van der Waals surface area contributed by atoms with Gasteiger partial charge in [-0.15, -0.1) is 0 Å². The first kappa shape index (κ1) is 14.5. The minimum absolute atomic E-state index is 0.0115. The molecule has 0 aromatic rings. The minimum atomic E-state index is -0.711. The van der Waals surface area contributed by atoms with Gasteiger partial charge in [0, 0.05) is 6.04 Å². The maximum atomic E-state index is 12.1. The van der Waals surface area contributed by atoms with Crippen molar-refractivity contribution in [1.82, 2.24) is 5.32 Å². The van der Waals surface area contributed by atoms with Crippen molar-refractivity contribution >= 4 is 5.91 Å². The lowest BCUT2D eigenvalue weighted by Crippen LogP contribution is -2.54. The van der Waals surface area contributed by atoms with E-state index in [9.17, 15) is 4.79 Å². The zero-order valence-electron chi connectivity index (χ0n) is 11.6. The number of hydrogen-bond donors (Lipinski definition) is 2. The molecule has 100 valence electrons. The minimum Gasteiger partial charge on any atom is -0.352 e. The monoisotopic (exact) mass is 240 g/mol. The lowest BCUT2D eigenvalue weighted by molar-refractivity contribution is -0.127. The van der Waals surface area contributed by atoms with E-state index in [-0.39, 0.29) is 11.9 Å². The Morgan fingerprint density at radius 2 is 2.00 bits per heavy atom. The van der Waals surface area contributed by atoms with Crippen LogP contribution in [0.15, 0.2) is 0 Å². The number of rotatable bonds is 5. The van der Waals surface area contributed by atoms with Crippen LogP contribution in [0.25, 0.3) is 0 Å². The molecular formula is C14H28N2O. The van der Waals surface area contributed by atoms with Gasteiger partial charge in [0.2, 0.25) is 5.91 Å². The second-order valence-electron chi connectivity index (χ2n) is 5.83. The van der Waals surface area contributed by atoms with Crippen LogP contribution in [0.3, 0.4) is 0 Å². The highest BCUT2D eigenvalue weighted by atomic mass is 16.2. The van der Waals surface area contributed by atoms with Crippen molar-refractivity contribution in [3.8, 4) is 0 Å². The number of nitrogens with one attached hydrogen (secondary N) is 1. The third-order valence-electron chi connectivity index (χ3n) is 4.00. The van der Waals surface area contributed by atoms with E-state index < -0.39 is 5.54 Å². The Labute approximate surface area is 106 Å². The van der Waals surface area contributed by atoms with Gasteiger partial charge in [0.25, 0.3) is 0 Å². The van der Waals surface area contributed by atoms with Crippen LogP contribution in [-0.4, -0.2) is 17.5 Å². The smallest absolute Gasteiger partial charge is 0.240 e. The maximum absolute atomic E-state index is 12.1. The molecule has 2 unspecified atom stereocenters. The van der Waals surface area contributed by atoms with Crippen LogP contribution in [0.5, 0.6) is 0 Å². The molecular weight excluding hydrogens is 212 g/mol. The molecule has 1 aliphatic carbocycles. The van der Waals surface area contributed by atoms with E-state index in [1.54, 1.807) is 0 Å². The highest BCUT2D eigenvalue weighted by Crippen LogP contribution is 2.26. The molecule has 0 bridgehead atoms. The Kier molecular flexibility index (Phi) is 5.44. The molecule has 0 heterocycles. The maximum Gasteiger partial charge on any atom is 0.240 e. The summed E-state index contributed by atoms with van der Waals surface area (Å²) < 4.78 is 0. The van der Waals surface area contributed by atoms with E-state index in [0.29, 0.717) is 5.92 Å². The molecule has 0 aromatic carbocycles. The van der Waals surface area contributed by atoms with Crippen LogP contribution in [0.1, 0.15) is 65.7 Å². The Hall–Kier alpha value is -0.570. The van der Waals surface area contributed by atoms with E-state index in [0.717, 1.165) is 12.8 Å². The van der Waals surface area contributed by atoms with Crippen LogP contribution < -0.4 is 11.1 Å². The molecule has 17 heavy (non-hydrogen) atoms. The second-order valence-corrected chi connectivity index (χ2v) is 5.83. The fourth-order valence-electron chi connectivity index (χ4n) is 2.76. The molecule has 0 spiro atoms. The molecule has 0 aliphatic heterocycles. The SMILES string of the molecule is CCCC(C)(N)C(=O)NC(C)C1CCCCC1. The molecule has 2 atom stereocenters. The topological polar surface area (TPSA) is 55.1 Å². The van der Waals surface area contributed by atoms with Crippen molar-refractivity contribution in [1.29, 1.82) is 0 Å². The van der Waals surface area contributed by atoms with Crippen molar-refractivity contribution in [3.63, 3.8) is 0 Å². The van der Waals surface area contributed by atoms with Gasteiger partial charge in [-0.3, -0.25) is 4.79 Å². The molecule has 1 amide bonds. The summed E-state index contributed by atoms with van der Waals surface area (Å²) in [7, 11) is 0. The number of amides is 1. The van der Waals surface area contributed by atoms with Crippen LogP contribution in [-0.2, 0) is 4.79 Å². The molecule has 0 saturated heterocycles. The average molecular weight is 240 g/mol. The Balaban J connectivity index is 2.44. The average Bonchev–Trinajstić information content (AvgIpc) is 2.30. The summed E-state index contributed by atoms with van der Waals surface area (Å²) >= 11 is 0. The Morgan fingerprint density at radius 3 is 2.53 bits per heavy atom. The van der Waals surface area contributed by atoms with Crippen molar-refractivity contribution < 1.29 is 4.79 Å². The highest BCUT2D eigenvalue weighted by Gasteiger charge is 2.30. The van der Waals surface area contributed by atoms with Crippen molar-refractivity contribution in [3.05, 3.63) is 0 Å². The van der Waals surface area contributed by atoms with Crippen LogP contribution in [0.2, 0.25) is 0 Å². The van der Waals surface area contributed by atoms with E-state index in [4.69, 9.17) is 5.73 Å². The standard InChI is InChI=1S/C14H28N2O/c1-4-10-14(3,15)13(17)16-11(2)12-8-6-5-7-9-12/h11-12H,4-10,15H2,1-3H3,(H,16,17). The van der Waals surface area contributed by atoms with E-state index in [2.05, 4.69) is 19.2 Å². The normalized spacial score (nSPS) is 22.8. The van der Waals surface area contributed by atoms with Crippen LogP contribution in [0, 0.1) is 5.92 Å². The van der Waals surface area contributed by atoms with Gasteiger partial charge in [0.15, 0.2) is 0 Å². The third kappa shape index (κ3) is 4.30. The third-order valence-corrected chi connectivity index (χ3v) is 4.00. The van der Waals surface area contributed by atoms with Crippen LogP contribution in [0.4, 0.5) is 0 Å². The van der Waals surface area contributed by atoms with Crippen LogP contribution >= 0.6 is 0 Å². The van der Waals surface area contributed by atoms with E-state index >= 15 is 0 Å². The largest absolute Gasteiger partial charge is 0.352 e. The predicted molar refractivity (Wildman–Crippen MR) is 71.7 cm³/mol.